The Morgan fingerprint density at radius 1 is 1.31 bits per heavy atom. The predicted octanol–water partition coefficient (Wildman–Crippen LogP) is 3.00. The van der Waals surface area contributed by atoms with Crippen LogP contribution in [0.15, 0.2) is 29.6 Å². The van der Waals surface area contributed by atoms with E-state index >= 15 is 0 Å². The molecule has 0 radical (unpaired) electrons. The molecule has 0 unspecified atom stereocenters. The highest BCUT2D eigenvalue weighted by molar-refractivity contribution is 7.13. The molecular weight excluding hydrogens is 222 g/mol. The Kier molecular flexibility index (Phi) is 2.66. The van der Waals surface area contributed by atoms with Crippen LogP contribution in [0.4, 0.5) is 5.69 Å². The molecule has 2 aromatic rings. The molecule has 1 heterocycles. The average Bonchev–Trinajstić information content (AvgIpc) is 2.61. The highest BCUT2D eigenvalue weighted by Gasteiger charge is 2.15. The molecule has 0 saturated heterocycles. The number of carbonyl (C=O) groups is 1. The number of carboxylic acids is 1. The van der Waals surface area contributed by atoms with Gasteiger partial charge in [0, 0.05) is 10.9 Å². The van der Waals surface area contributed by atoms with E-state index in [-0.39, 0.29) is 4.88 Å². The quantitative estimate of drug-likeness (QED) is 0.838. The van der Waals surface area contributed by atoms with Crippen LogP contribution >= 0.6 is 11.3 Å². The zero-order chi connectivity index (χ0) is 11.7. The second kappa shape index (κ2) is 3.98. The molecule has 0 aliphatic carbocycles. The first-order valence-corrected chi connectivity index (χ1v) is 5.65. The van der Waals surface area contributed by atoms with Crippen molar-refractivity contribution < 1.29 is 9.90 Å². The first-order chi connectivity index (χ1) is 7.59. The van der Waals surface area contributed by atoms with Gasteiger partial charge in [0.2, 0.25) is 0 Å². The topological polar surface area (TPSA) is 63.3 Å². The Morgan fingerprint density at radius 2 is 1.94 bits per heavy atom. The molecule has 0 atom stereocenters. The van der Waals surface area contributed by atoms with E-state index in [1.54, 1.807) is 5.38 Å². The molecule has 2 rings (SSSR count). The highest BCUT2D eigenvalue weighted by Crippen LogP contribution is 2.33. The fraction of sp³-hybridized carbons (Fsp3) is 0.0833. The summed E-state index contributed by atoms with van der Waals surface area (Å²) in [7, 11) is 0. The Hall–Kier alpha value is -1.81. The molecule has 1 aromatic heterocycles. The van der Waals surface area contributed by atoms with E-state index in [2.05, 4.69) is 0 Å². The third-order valence-corrected chi connectivity index (χ3v) is 3.37. The van der Waals surface area contributed by atoms with Gasteiger partial charge in [0.1, 0.15) is 4.88 Å². The predicted molar refractivity (Wildman–Crippen MR) is 65.9 cm³/mol. The van der Waals surface area contributed by atoms with Crippen molar-refractivity contribution in [2.75, 3.05) is 5.73 Å². The van der Waals surface area contributed by atoms with Crippen LogP contribution in [0, 0.1) is 6.92 Å². The van der Waals surface area contributed by atoms with E-state index in [4.69, 9.17) is 10.8 Å². The summed E-state index contributed by atoms with van der Waals surface area (Å²) in [4.78, 5) is 11.1. The summed E-state index contributed by atoms with van der Waals surface area (Å²) in [6.07, 6.45) is 0. The maximum absolute atomic E-state index is 10.9. The second-order valence-corrected chi connectivity index (χ2v) is 4.44. The molecule has 0 bridgehead atoms. The largest absolute Gasteiger partial charge is 0.477 e. The molecule has 16 heavy (non-hydrogen) atoms. The Morgan fingerprint density at radius 3 is 2.44 bits per heavy atom. The Labute approximate surface area is 97.2 Å². The first kappa shape index (κ1) is 10.7. The number of aromatic carboxylic acids is 1. The summed E-state index contributed by atoms with van der Waals surface area (Å²) in [6, 6.07) is 7.85. The molecule has 82 valence electrons. The standard InChI is InChI=1S/C12H11NO2S/c1-7-2-4-8(5-3-7)9-6-16-11(10(9)13)12(14)15/h2-6H,13H2,1H3,(H,14,15). The van der Waals surface area contributed by atoms with Gasteiger partial charge in [0.05, 0.1) is 5.69 Å². The molecule has 0 saturated carbocycles. The molecular formula is C12H11NO2S. The number of benzene rings is 1. The van der Waals surface area contributed by atoms with E-state index in [1.165, 1.54) is 0 Å². The summed E-state index contributed by atoms with van der Waals surface area (Å²) in [6.45, 7) is 2.00. The Balaban J connectivity index is 2.49. The van der Waals surface area contributed by atoms with E-state index in [1.807, 2.05) is 31.2 Å². The van der Waals surface area contributed by atoms with Crippen LogP contribution < -0.4 is 5.73 Å². The normalized spacial score (nSPS) is 10.3. The maximum atomic E-state index is 10.9. The van der Waals surface area contributed by atoms with Gasteiger partial charge in [-0.1, -0.05) is 29.8 Å². The summed E-state index contributed by atoms with van der Waals surface area (Å²) >= 11 is 1.16. The lowest BCUT2D eigenvalue weighted by molar-refractivity contribution is 0.0703. The van der Waals surface area contributed by atoms with Gasteiger partial charge >= 0.3 is 5.97 Å². The van der Waals surface area contributed by atoms with Crippen LogP contribution in [0.2, 0.25) is 0 Å². The number of hydrogen-bond acceptors (Lipinski definition) is 3. The van der Waals surface area contributed by atoms with Crippen LogP contribution in [0.1, 0.15) is 15.2 Å². The average molecular weight is 233 g/mol. The van der Waals surface area contributed by atoms with Gasteiger partial charge in [-0.15, -0.1) is 11.3 Å². The van der Waals surface area contributed by atoms with Crippen molar-refractivity contribution in [1.29, 1.82) is 0 Å². The number of nitrogen functional groups attached to an aromatic ring is 1. The lowest BCUT2D eigenvalue weighted by Gasteiger charge is -2.01. The number of nitrogens with two attached hydrogens (primary N) is 1. The summed E-state index contributed by atoms with van der Waals surface area (Å²) in [5, 5.41) is 10.7. The first-order valence-electron chi connectivity index (χ1n) is 4.77. The number of carboxylic acid groups (broad SMARTS) is 1. The lowest BCUT2D eigenvalue weighted by Crippen LogP contribution is -1.98. The van der Waals surface area contributed by atoms with Gasteiger partial charge < -0.3 is 10.8 Å². The minimum atomic E-state index is -0.971. The fourth-order valence-electron chi connectivity index (χ4n) is 1.49. The van der Waals surface area contributed by atoms with Gasteiger partial charge in [-0.05, 0) is 12.5 Å². The molecule has 3 N–H and O–H groups in total. The molecule has 0 amide bonds. The molecule has 0 fully saturated rings. The van der Waals surface area contributed by atoms with Crippen LogP contribution in [-0.4, -0.2) is 11.1 Å². The van der Waals surface area contributed by atoms with E-state index in [0.717, 1.165) is 28.0 Å². The summed E-state index contributed by atoms with van der Waals surface area (Å²) in [5.74, 6) is -0.971. The fourth-order valence-corrected chi connectivity index (χ4v) is 2.33. The molecule has 0 aliphatic heterocycles. The number of aryl methyl sites for hydroxylation is 1. The molecule has 1 aromatic carbocycles. The van der Waals surface area contributed by atoms with Gasteiger partial charge in [-0.3, -0.25) is 0 Å². The monoisotopic (exact) mass is 233 g/mol. The van der Waals surface area contributed by atoms with Gasteiger partial charge in [0.25, 0.3) is 0 Å². The van der Waals surface area contributed by atoms with E-state index in [9.17, 15) is 4.79 Å². The number of rotatable bonds is 2. The van der Waals surface area contributed by atoms with Crippen LogP contribution in [0.25, 0.3) is 11.1 Å². The SMILES string of the molecule is Cc1ccc(-c2csc(C(=O)O)c2N)cc1. The summed E-state index contributed by atoms with van der Waals surface area (Å²) < 4.78 is 0. The van der Waals surface area contributed by atoms with Gasteiger partial charge in [-0.25, -0.2) is 4.79 Å². The summed E-state index contributed by atoms with van der Waals surface area (Å²) in [5.41, 5.74) is 9.06. The minimum Gasteiger partial charge on any atom is -0.477 e. The molecule has 4 heteroatoms. The van der Waals surface area contributed by atoms with Crippen molar-refractivity contribution in [3.05, 3.63) is 40.1 Å². The third kappa shape index (κ3) is 1.79. The Bertz CT molecular complexity index is 528. The smallest absolute Gasteiger partial charge is 0.348 e. The second-order valence-electron chi connectivity index (χ2n) is 3.56. The van der Waals surface area contributed by atoms with Crippen LogP contribution in [0.5, 0.6) is 0 Å². The van der Waals surface area contributed by atoms with Crippen molar-refractivity contribution in [2.45, 2.75) is 6.92 Å². The van der Waals surface area contributed by atoms with Crippen molar-refractivity contribution in [3.63, 3.8) is 0 Å². The zero-order valence-corrected chi connectivity index (χ0v) is 9.54. The van der Waals surface area contributed by atoms with E-state index in [0.29, 0.717) is 5.69 Å². The lowest BCUT2D eigenvalue weighted by atomic mass is 10.1. The van der Waals surface area contributed by atoms with Crippen LogP contribution in [-0.2, 0) is 0 Å². The van der Waals surface area contributed by atoms with Crippen LogP contribution in [0.3, 0.4) is 0 Å². The zero-order valence-electron chi connectivity index (χ0n) is 8.73. The van der Waals surface area contributed by atoms with Crippen molar-refractivity contribution in [2.24, 2.45) is 0 Å². The highest BCUT2D eigenvalue weighted by atomic mass is 32.1. The molecule has 0 aliphatic rings. The maximum Gasteiger partial charge on any atom is 0.348 e. The number of thiophene rings is 1. The van der Waals surface area contributed by atoms with Crippen molar-refractivity contribution >= 4 is 23.0 Å². The van der Waals surface area contributed by atoms with Gasteiger partial charge in [0.15, 0.2) is 0 Å². The van der Waals surface area contributed by atoms with Crippen molar-refractivity contribution in [3.8, 4) is 11.1 Å². The number of anilines is 1. The van der Waals surface area contributed by atoms with Gasteiger partial charge in [-0.2, -0.15) is 0 Å². The van der Waals surface area contributed by atoms with E-state index < -0.39 is 5.97 Å². The minimum absolute atomic E-state index is 0.204. The number of hydrogen-bond donors (Lipinski definition) is 2. The van der Waals surface area contributed by atoms with Crippen molar-refractivity contribution in [1.82, 2.24) is 0 Å². The molecule has 3 nitrogen and oxygen atoms in total. The third-order valence-electron chi connectivity index (χ3n) is 2.39. The molecule has 0 spiro atoms.